The summed E-state index contributed by atoms with van der Waals surface area (Å²) in [5, 5.41) is 9.13. The predicted molar refractivity (Wildman–Crippen MR) is 89.4 cm³/mol. The van der Waals surface area contributed by atoms with Crippen LogP contribution in [-0.4, -0.2) is 13.0 Å². The van der Waals surface area contributed by atoms with Gasteiger partial charge >= 0.3 is 0 Å². The molecule has 2 aromatic carbocycles. The van der Waals surface area contributed by atoms with Crippen LogP contribution in [0.1, 0.15) is 10.4 Å². The van der Waals surface area contributed by atoms with Crippen molar-refractivity contribution < 1.29 is 4.79 Å². The van der Waals surface area contributed by atoms with Gasteiger partial charge in [-0.25, -0.2) is 0 Å². The van der Waals surface area contributed by atoms with Gasteiger partial charge in [-0.2, -0.15) is 0 Å². The van der Waals surface area contributed by atoms with Crippen molar-refractivity contribution in [2.75, 3.05) is 18.1 Å². The fraction of sp³-hybridized carbons (Fsp3) is 0.0625. The van der Waals surface area contributed by atoms with E-state index < -0.39 is 0 Å². The fourth-order valence-corrected chi connectivity index (χ4v) is 2.92. The minimum absolute atomic E-state index is 0.133. The molecule has 106 valence electrons. The molecule has 0 spiro atoms. The molecular weight excluding hydrogens is 282 g/mol. The molecule has 1 heterocycles. The molecule has 0 bridgehead atoms. The molecule has 3 rings (SSSR count). The van der Waals surface area contributed by atoms with E-state index in [1.54, 1.807) is 36.6 Å². The highest BCUT2D eigenvalue weighted by atomic mass is 32.1. The Morgan fingerprint density at radius 3 is 2.81 bits per heavy atom. The van der Waals surface area contributed by atoms with Crippen LogP contribution in [-0.2, 0) is 0 Å². The highest BCUT2D eigenvalue weighted by molar-refractivity contribution is 7.17. The third-order valence-electron chi connectivity index (χ3n) is 3.27. The van der Waals surface area contributed by atoms with Crippen molar-refractivity contribution >= 4 is 44.4 Å². The van der Waals surface area contributed by atoms with E-state index in [1.165, 1.54) is 10.1 Å². The lowest BCUT2D eigenvalue weighted by atomic mass is 10.1. The van der Waals surface area contributed by atoms with E-state index in [2.05, 4.69) is 34.2 Å². The first-order valence-electron chi connectivity index (χ1n) is 6.53. The Hall–Kier alpha value is -2.53. The van der Waals surface area contributed by atoms with Crippen molar-refractivity contribution in [2.24, 2.45) is 0 Å². The largest absolute Gasteiger partial charge is 0.397 e. The number of nitrogen functional groups attached to an aromatic ring is 1. The summed E-state index contributed by atoms with van der Waals surface area (Å²) in [6.45, 7) is 0. The topological polar surface area (TPSA) is 67.2 Å². The lowest BCUT2D eigenvalue weighted by Crippen LogP contribution is -2.17. The molecule has 4 N–H and O–H groups in total. The number of carbonyl (C=O) groups is 1. The van der Waals surface area contributed by atoms with Gasteiger partial charge < -0.3 is 16.4 Å². The van der Waals surface area contributed by atoms with E-state index in [4.69, 9.17) is 5.73 Å². The van der Waals surface area contributed by atoms with Gasteiger partial charge in [-0.3, -0.25) is 4.79 Å². The predicted octanol–water partition coefficient (Wildman–Crippen LogP) is 3.59. The van der Waals surface area contributed by atoms with Crippen LogP contribution in [0.3, 0.4) is 0 Å². The molecule has 3 aromatic rings. The zero-order valence-electron chi connectivity index (χ0n) is 11.5. The van der Waals surface area contributed by atoms with Crippen LogP contribution < -0.4 is 16.4 Å². The maximum absolute atomic E-state index is 11.7. The smallest absolute Gasteiger partial charge is 0.251 e. The number of nitrogens with one attached hydrogen (secondary N) is 2. The number of anilines is 3. The summed E-state index contributed by atoms with van der Waals surface area (Å²) in [4.78, 5) is 11.7. The third kappa shape index (κ3) is 2.68. The molecule has 0 atom stereocenters. The van der Waals surface area contributed by atoms with Gasteiger partial charge in [0.2, 0.25) is 0 Å². The molecule has 1 amide bonds. The number of hydrogen-bond donors (Lipinski definition) is 3. The zero-order valence-corrected chi connectivity index (χ0v) is 12.3. The second-order valence-corrected chi connectivity index (χ2v) is 5.63. The Morgan fingerprint density at radius 1 is 1.14 bits per heavy atom. The van der Waals surface area contributed by atoms with Gasteiger partial charge in [0.05, 0.1) is 11.4 Å². The molecule has 1 aromatic heterocycles. The molecular formula is C16H15N3OS. The molecule has 0 aliphatic rings. The summed E-state index contributed by atoms with van der Waals surface area (Å²) in [7, 11) is 1.61. The highest BCUT2D eigenvalue weighted by Gasteiger charge is 2.07. The van der Waals surface area contributed by atoms with Gasteiger partial charge in [0.25, 0.3) is 5.91 Å². The average molecular weight is 297 g/mol. The lowest BCUT2D eigenvalue weighted by Gasteiger charge is -2.11. The quantitative estimate of drug-likeness (QED) is 0.647. The van der Waals surface area contributed by atoms with E-state index in [-0.39, 0.29) is 5.91 Å². The first-order chi connectivity index (χ1) is 10.2. The highest BCUT2D eigenvalue weighted by Crippen LogP contribution is 2.28. The third-order valence-corrected chi connectivity index (χ3v) is 4.17. The van der Waals surface area contributed by atoms with E-state index in [0.717, 1.165) is 11.4 Å². The zero-order chi connectivity index (χ0) is 14.8. The second kappa shape index (κ2) is 5.46. The first kappa shape index (κ1) is 13.5. The molecule has 0 saturated heterocycles. The number of fused-ring (bicyclic) bond motifs is 1. The van der Waals surface area contributed by atoms with Crippen molar-refractivity contribution in [3.63, 3.8) is 0 Å². The Bertz CT molecular complexity index is 810. The van der Waals surface area contributed by atoms with Gasteiger partial charge in [-0.05, 0) is 53.2 Å². The Balaban J connectivity index is 1.94. The molecule has 0 fully saturated rings. The van der Waals surface area contributed by atoms with Gasteiger partial charge in [0.1, 0.15) is 0 Å². The number of benzene rings is 2. The molecule has 4 nitrogen and oxygen atoms in total. The van der Waals surface area contributed by atoms with Crippen molar-refractivity contribution in [1.82, 2.24) is 5.32 Å². The van der Waals surface area contributed by atoms with Gasteiger partial charge in [0, 0.05) is 23.0 Å². The van der Waals surface area contributed by atoms with Crippen LogP contribution in [0.25, 0.3) is 10.1 Å². The van der Waals surface area contributed by atoms with Crippen LogP contribution >= 0.6 is 11.3 Å². The molecule has 0 aliphatic heterocycles. The monoisotopic (exact) mass is 297 g/mol. The number of hydrogen-bond acceptors (Lipinski definition) is 4. The second-order valence-electron chi connectivity index (χ2n) is 4.68. The Labute approximate surface area is 126 Å². The standard InChI is InChI=1S/C16H15N3OS/c1-18-16(20)11-2-4-13(17)14(9-11)19-12-3-5-15-10(8-12)6-7-21-15/h2-9,19H,17H2,1H3,(H,18,20). The van der Waals surface area contributed by atoms with E-state index in [0.29, 0.717) is 11.3 Å². The number of carbonyl (C=O) groups excluding carboxylic acids is 1. The summed E-state index contributed by atoms with van der Waals surface area (Å²) in [5.41, 5.74) is 8.83. The molecule has 5 heteroatoms. The van der Waals surface area contributed by atoms with Crippen LogP contribution in [0.2, 0.25) is 0 Å². The van der Waals surface area contributed by atoms with Crippen molar-refractivity contribution in [1.29, 1.82) is 0 Å². The molecule has 0 unspecified atom stereocenters. The average Bonchev–Trinajstić information content (AvgIpc) is 2.96. The van der Waals surface area contributed by atoms with Crippen LogP contribution in [0.15, 0.2) is 47.8 Å². The summed E-state index contributed by atoms with van der Waals surface area (Å²) < 4.78 is 1.24. The summed E-state index contributed by atoms with van der Waals surface area (Å²) in [5.74, 6) is -0.133. The maximum Gasteiger partial charge on any atom is 0.251 e. The number of amides is 1. The fourth-order valence-electron chi connectivity index (χ4n) is 2.15. The normalized spacial score (nSPS) is 10.5. The Morgan fingerprint density at radius 2 is 2.00 bits per heavy atom. The van der Waals surface area contributed by atoms with E-state index in [9.17, 15) is 4.79 Å². The SMILES string of the molecule is CNC(=O)c1ccc(N)c(Nc2ccc3sccc3c2)c1. The van der Waals surface area contributed by atoms with E-state index in [1.807, 2.05) is 6.07 Å². The lowest BCUT2D eigenvalue weighted by molar-refractivity contribution is 0.0963. The summed E-state index contributed by atoms with van der Waals surface area (Å²) >= 11 is 1.71. The number of nitrogens with two attached hydrogens (primary N) is 1. The van der Waals surface area contributed by atoms with Crippen LogP contribution in [0.5, 0.6) is 0 Å². The van der Waals surface area contributed by atoms with Crippen LogP contribution in [0.4, 0.5) is 17.1 Å². The van der Waals surface area contributed by atoms with Crippen molar-refractivity contribution in [3.8, 4) is 0 Å². The van der Waals surface area contributed by atoms with Gasteiger partial charge in [-0.1, -0.05) is 0 Å². The maximum atomic E-state index is 11.7. The van der Waals surface area contributed by atoms with E-state index >= 15 is 0 Å². The van der Waals surface area contributed by atoms with Crippen molar-refractivity contribution in [2.45, 2.75) is 0 Å². The molecule has 0 saturated carbocycles. The molecule has 21 heavy (non-hydrogen) atoms. The van der Waals surface area contributed by atoms with Gasteiger partial charge in [0.15, 0.2) is 0 Å². The minimum Gasteiger partial charge on any atom is -0.397 e. The van der Waals surface area contributed by atoms with Crippen LogP contribution in [0, 0.1) is 0 Å². The Kier molecular flexibility index (Phi) is 3.50. The number of thiophene rings is 1. The summed E-state index contributed by atoms with van der Waals surface area (Å²) in [6, 6.07) is 13.4. The molecule has 0 aliphatic carbocycles. The molecule has 0 radical (unpaired) electrons. The summed E-state index contributed by atoms with van der Waals surface area (Å²) in [6.07, 6.45) is 0. The minimum atomic E-state index is -0.133. The first-order valence-corrected chi connectivity index (χ1v) is 7.41. The van der Waals surface area contributed by atoms with Gasteiger partial charge in [-0.15, -0.1) is 11.3 Å². The van der Waals surface area contributed by atoms with Crippen molar-refractivity contribution in [3.05, 3.63) is 53.4 Å². The number of rotatable bonds is 3.